The van der Waals surface area contributed by atoms with Crippen molar-refractivity contribution < 1.29 is 50.9 Å². The summed E-state index contributed by atoms with van der Waals surface area (Å²) in [5, 5.41) is 0. The van der Waals surface area contributed by atoms with Gasteiger partial charge in [0.1, 0.15) is 0 Å². The van der Waals surface area contributed by atoms with E-state index in [2.05, 4.69) is 7.74 Å². The molecule has 0 aliphatic carbocycles. The third-order valence-electron chi connectivity index (χ3n) is 1.19. The Bertz CT molecular complexity index is 481. The van der Waals surface area contributed by atoms with Gasteiger partial charge in [-0.1, -0.05) is 0 Å². The van der Waals surface area contributed by atoms with Crippen molar-refractivity contribution in [1.29, 1.82) is 0 Å². The molecule has 0 unspecified atom stereocenters. The minimum absolute atomic E-state index is 0.388. The molecule has 15 heteroatoms. The molecule has 0 aromatic carbocycles. The minimum atomic E-state index is -6.27. The molecule has 0 heterocycles. The summed E-state index contributed by atoms with van der Waals surface area (Å²) in [4.78, 5) is 0. The van der Waals surface area contributed by atoms with Gasteiger partial charge in [0.15, 0.2) is 0 Å². The molecule has 0 spiro atoms. The van der Waals surface area contributed by atoms with Crippen LogP contribution in [0.2, 0.25) is 13.1 Å². The molecule has 0 saturated carbocycles. The van der Waals surface area contributed by atoms with Crippen LogP contribution in [0.3, 0.4) is 0 Å². The fourth-order valence-corrected chi connectivity index (χ4v) is 5.98. The monoisotopic (exact) mass is 356 g/mol. The van der Waals surface area contributed by atoms with Gasteiger partial charge in [-0.2, -0.15) is 43.2 Å². The third-order valence-corrected chi connectivity index (χ3v) is 7.29. The van der Waals surface area contributed by atoms with E-state index >= 15 is 0 Å². The van der Waals surface area contributed by atoms with Crippen molar-refractivity contribution in [2.75, 3.05) is 0 Å². The maximum Gasteiger partial charge on any atom is 0.522 e. The summed E-state index contributed by atoms with van der Waals surface area (Å²) < 4.78 is 120. The molecule has 0 saturated heterocycles. The summed E-state index contributed by atoms with van der Waals surface area (Å²) in [5.41, 5.74) is -11.8. The first kappa shape index (κ1) is 18.6. The Balaban J connectivity index is 5.27. The van der Waals surface area contributed by atoms with E-state index in [-0.39, 0.29) is 0 Å². The lowest BCUT2D eigenvalue weighted by atomic mass is 11.6. The third kappa shape index (κ3) is 4.90. The molecule has 0 fully saturated rings. The van der Waals surface area contributed by atoms with E-state index in [0.717, 1.165) is 0 Å². The standard InChI is InChI=1S/C4H6F6O6S2Si/c1-19(2,15-17(11,12)3(5,6)7)16-18(13,14)4(8,9)10/h1-2H3. The molecule has 0 aliphatic heterocycles. The molecular formula is C4H6F6O6S2Si. The van der Waals surface area contributed by atoms with Crippen LogP contribution in [0.4, 0.5) is 26.3 Å². The zero-order valence-corrected chi connectivity index (χ0v) is 11.7. The lowest BCUT2D eigenvalue weighted by molar-refractivity contribution is -0.0530. The molecule has 0 atom stereocenters. The number of hydrogen-bond donors (Lipinski definition) is 0. The van der Waals surface area contributed by atoms with Crippen molar-refractivity contribution in [3.05, 3.63) is 0 Å². The fourth-order valence-electron chi connectivity index (χ4n) is 0.637. The van der Waals surface area contributed by atoms with Gasteiger partial charge < -0.3 is 0 Å². The summed E-state index contributed by atoms with van der Waals surface area (Å²) in [7, 11) is -17.3. The first-order valence-corrected chi connectivity index (χ1v) is 9.58. The van der Waals surface area contributed by atoms with Crippen molar-refractivity contribution in [2.24, 2.45) is 0 Å². The smallest absolute Gasteiger partial charge is 0.277 e. The number of hydrogen-bond acceptors (Lipinski definition) is 6. The van der Waals surface area contributed by atoms with Crippen molar-refractivity contribution in [3.8, 4) is 0 Å². The van der Waals surface area contributed by atoms with Crippen LogP contribution in [0.5, 0.6) is 0 Å². The van der Waals surface area contributed by atoms with E-state index in [0.29, 0.717) is 13.1 Å². The molecule has 0 rings (SSSR count). The SMILES string of the molecule is C[Si](C)(OS(=O)(=O)C(F)(F)F)OS(=O)(=O)C(F)(F)F. The van der Waals surface area contributed by atoms with Gasteiger partial charge in [0.25, 0.3) is 0 Å². The van der Waals surface area contributed by atoms with Gasteiger partial charge in [-0.25, -0.2) is 0 Å². The van der Waals surface area contributed by atoms with Gasteiger partial charge >= 0.3 is 39.8 Å². The van der Waals surface area contributed by atoms with Crippen LogP contribution in [-0.4, -0.2) is 36.4 Å². The highest BCUT2D eigenvalue weighted by atomic mass is 32.2. The van der Waals surface area contributed by atoms with E-state index in [4.69, 9.17) is 0 Å². The topological polar surface area (TPSA) is 86.7 Å². The van der Waals surface area contributed by atoms with Gasteiger partial charge in [-0.15, -0.1) is 0 Å². The molecule has 0 bridgehead atoms. The summed E-state index contributed by atoms with van der Waals surface area (Å²) >= 11 is 0. The predicted octanol–water partition coefficient (Wildman–Crippen LogP) is 1.42. The van der Waals surface area contributed by atoms with Crippen molar-refractivity contribution in [1.82, 2.24) is 0 Å². The molecule has 0 aromatic rings. The average molecular weight is 356 g/mol. The first-order chi connectivity index (χ1) is 7.91. The molecule has 0 aromatic heterocycles. The Kier molecular flexibility index (Phi) is 4.77. The van der Waals surface area contributed by atoms with Crippen LogP contribution in [0.25, 0.3) is 0 Å². The van der Waals surface area contributed by atoms with Crippen molar-refractivity contribution in [3.63, 3.8) is 0 Å². The van der Waals surface area contributed by atoms with Crippen LogP contribution < -0.4 is 0 Å². The maximum atomic E-state index is 11.9. The molecule has 116 valence electrons. The minimum Gasteiger partial charge on any atom is -0.277 e. The summed E-state index contributed by atoms with van der Waals surface area (Å²) in [6.07, 6.45) is 0. The van der Waals surface area contributed by atoms with Crippen LogP contribution in [0.15, 0.2) is 0 Å². The molecule has 6 nitrogen and oxygen atoms in total. The highest BCUT2D eigenvalue weighted by molar-refractivity contribution is 7.90. The van der Waals surface area contributed by atoms with Gasteiger partial charge in [-0.3, -0.25) is 7.74 Å². The Labute approximate surface area is 104 Å². The molecule has 0 aliphatic rings. The molecule has 0 radical (unpaired) electrons. The Morgan fingerprint density at radius 1 is 0.737 bits per heavy atom. The quantitative estimate of drug-likeness (QED) is 0.430. The first-order valence-electron chi connectivity index (χ1n) is 3.95. The lowest BCUT2D eigenvalue weighted by Crippen LogP contribution is -2.45. The molecule has 0 amide bonds. The molecule has 0 N–H and O–H groups in total. The normalized spacial score (nSPS) is 15.6. The molecule has 19 heavy (non-hydrogen) atoms. The number of halogens is 6. The van der Waals surface area contributed by atoms with E-state index in [9.17, 15) is 43.2 Å². The highest BCUT2D eigenvalue weighted by Gasteiger charge is 2.56. The van der Waals surface area contributed by atoms with Crippen molar-refractivity contribution in [2.45, 2.75) is 24.1 Å². The average Bonchev–Trinajstić information content (AvgIpc) is 1.93. The second kappa shape index (κ2) is 4.87. The Morgan fingerprint density at radius 2 is 0.947 bits per heavy atom. The van der Waals surface area contributed by atoms with Crippen molar-refractivity contribution >= 4 is 28.8 Å². The predicted molar refractivity (Wildman–Crippen MR) is 49.6 cm³/mol. The van der Waals surface area contributed by atoms with E-state index < -0.39 is 39.8 Å². The summed E-state index contributed by atoms with van der Waals surface area (Å²) in [5.74, 6) is 0. The second-order valence-corrected chi connectivity index (χ2v) is 10.2. The second-order valence-electron chi connectivity index (χ2n) is 3.37. The maximum absolute atomic E-state index is 11.9. The number of alkyl halides is 6. The van der Waals surface area contributed by atoms with Crippen LogP contribution >= 0.6 is 0 Å². The zero-order chi connectivity index (χ0) is 15.9. The van der Waals surface area contributed by atoms with Crippen LogP contribution in [0, 0.1) is 0 Å². The number of rotatable bonds is 4. The zero-order valence-electron chi connectivity index (χ0n) is 9.03. The lowest BCUT2D eigenvalue weighted by Gasteiger charge is -2.22. The Morgan fingerprint density at radius 3 is 1.11 bits per heavy atom. The fraction of sp³-hybridized carbons (Fsp3) is 1.00. The largest absolute Gasteiger partial charge is 0.522 e. The van der Waals surface area contributed by atoms with E-state index in [1.54, 1.807) is 0 Å². The molecular weight excluding hydrogens is 350 g/mol. The van der Waals surface area contributed by atoms with E-state index in [1.165, 1.54) is 0 Å². The highest BCUT2D eigenvalue weighted by Crippen LogP contribution is 2.31. The van der Waals surface area contributed by atoms with Gasteiger partial charge in [0.05, 0.1) is 0 Å². The van der Waals surface area contributed by atoms with E-state index in [1.807, 2.05) is 0 Å². The summed E-state index contributed by atoms with van der Waals surface area (Å²) in [6.45, 7) is 0.777. The van der Waals surface area contributed by atoms with Gasteiger partial charge in [-0.05, 0) is 13.1 Å². The van der Waals surface area contributed by atoms with Crippen LogP contribution in [-0.2, 0) is 28.0 Å². The Hall–Kier alpha value is -0.383. The van der Waals surface area contributed by atoms with Crippen LogP contribution in [0.1, 0.15) is 0 Å². The van der Waals surface area contributed by atoms with Gasteiger partial charge in [0.2, 0.25) is 0 Å². The van der Waals surface area contributed by atoms with Gasteiger partial charge in [0, 0.05) is 0 Å². The summed E-state index contributed by atoms with van der Waals surface area (Å²) in [6, 6.07) is 0.